The monoisotopic (exact) mass is 301 g/mol. The zero-order valence-electron chi connectivity index (χ0n) is 12.1. The molecule has 2 atom stereocenters. The van der Waals surface area contributed by atoms with Crippen molar-refractivity contribution in [2.24, 2.45) is 0 Å². The Bertz CT molecular complexity index is 403. The SMILES string of the molecule is CC1SCCSC1c1noc(CCNC(C)(C)C)n1. The lowest BCUT2D eigenvalue weighted by Gasteiger charge is -2.24. The highest BCUT2D eigenvalue weighted by molar-refractivity contribution is 8.06. The molecule has 1 aliphatic heterocycles. The van der Waals surface area contributed by atoms with Crippen molar-refractivity contribution in [3.05, 3.63) is 11.7 Å². The molecule has 6 heteroatoms. The minimum absolute atomic E-state index is 0.132. The number of hydrogen-bond donors (Lipinski definition) is 1. The predicted octanol–water partition coefficient (Wildman–Crippen LogP) is 2.91. The van der Waals surface area contributed by atoms with E-state index in [1.165, 1.54) is 11.5 Å². The van der Waals surface area contributed by atoms with Gasteiger partial charge in [-0.1, -0.05) is 12.1 Å². The maximum atomic E-state index is 5.36. The molecule has 2 rings (SSSR count). The van der Waals surface area contributed by atoms with Crippen molar-refractivity contribution in [1.82, 2.24) is 15.5 Å². The molecular formula is C13H23N3OS2. The van der Waals surface area contributed by atoms with Crippen molar-refractivity contribution >= 4 is 23.5 Å². The molecule has 0 radical (unpaired) electrons. The second kappa shape index (κ2) is 6.50. The third kappa shape index (κ3) is 4.68. The highest BCUT2D eigenvalue weighted by Crippen LogP contribution is 2.41. The fraction of sp³-hybridized carbons (Fsp3) is 0.846. The molecule has 0 amide bonds. The quantitative estimate of drug-likeness (QED) is 0.923. The fourth-order valence-corrected chi connectivity index (χ4v) is 4.63. The molecule has 0 saturated carbocycles. The Morgan fingerprint density at radius 3 is 2.74 bits per heavy atom. The van der Waals surface area contributed by atoms with Crippen molar-refractivity contribution in [2.45, 2.75) is 50.2 Å². The molecule has 1 aromatic heterocycles. The van der Waals surface area contributed by atoms with Crippen molar-refractivity contribution in [2.75, 3.05) is 18.1 Å². The van der Waals surface area contributed by atoms with Gasteiger partial charge in [0.05, 0.1) is 5.25 Å². The van der Waals surface area contributed by atoms with Crippen LogP contribution in [-0.2, 0) is 6.42 Å². The molecule has 0 aromatic carbocycles. The lowest BCUT2D eigenvalue weighted by molar-refractivity contribution is 0.358. The first-order valence-corrected chi connectivity index (χ1v) is 8.86. The summed E-state index contributed by atoms with van der Waals surface area (Å²) in [5.41, 5.74) is 0.132. The first-order chi connectivity index (χ1) is 8.96. The molecule has 0 aliphatic carbocycles. The first kappa shape index (κ1) is 15.2. The average molecular weight is 301 g/mol. The van der Waals surface area contributed by atoms with Gasteiger partial charge in [0, 0.05) is 35.3 Å². The summed E-state index contributed by atoms with van der Waals surface area (Å²) in [7, 11) is 0. The Labute approximate surface area is 123 Å². The molecule has 0 spiro atoms. The van der Waals surface area contributed by atoms with Crippen molar-refractivity contribution < 1.29 is 4.52 Å². The van der Waals surface area contributed by atoms with Crippen LogP contribution < -0.4 is 5.32 Å². The minimum atomic E-state index is 0.132. The van der Waals surface area contributed by atoms with Gasteiger partial charge in [-0.2, -0.15) is 16.7 Å². The van der Waals surface area contributed by atoms with Crippen LogP contribution in [0, 0.1) is 0 Å². The van der Waals surface area contributed by atoms with Crippen molar-refractivity contribution in [3.63, 3.8) is 0 Å². The molecule has 19 heavy (non-hydrogen) atoms. The number of nitrogens with zero attached hydrogens (tertiary/aromatic N) is 2. The molecule has 108 valence electrons. The van der Waals surface area contributed by atoms with Crippen LogP contribution >= 0.6 is 23.5 Å². The molecule has 1 saturated heterocycles. The van der Waals surface area contributed by atoms with Gasteiger partial charge in [-0.15, -0.1) is 11.8 Å². The number of aromatic nitrogens is 2. The Morgan fingerprint density at radius 2 is 2.05 bits per heavy atom. The van der Waals surface area contributed by atoms with E-state index in [0.717, 1.165) is 24.7 Å². The van der Waals surface area contributed by atoms with E-state index in [4.69, 9.17) is 4.52 Å². The van der Waals surface area contributed by atoms with Gasteiger partial charge >= 0.3 is 0 Å². The van der Waals surface area contributed by atoms with E-state index >= 15 is 0 Å². The maximum Gasteiger partial charge on any atom is 0.227 e. The fourth-order valence-electron chi connectivity index (χ4n) is 1.95. The standard InChI is InChI=1S/C13H23N3OS2/c1-9-11(19-8-7-18-9)12-15-10(17-16-12)5-6-14-13(2,3)4/h9,11,14H,5-8H2,1-4H3. The average Bonchev–Trinajstić information content (AvgIpc) is 2.76. The van der Waals surface area contributed by atoms with E-state index in [0.29, 0.717) is 10.5 Å². The minimum Gasteiger partial charge on any atom is -0.339 e. The number of hydrogen-bond acceptors (Lipinski definition) is 6. The Balaban J connectivity index is 1.88. The second-order valence-electron chi connectivity index (χ2n) is 5.84. The number of rotatable bonds is 4. The third-order valence-corrected chi connectivity index (χ3v) is 6.01. The normalized spacial score (nSPS) is 24.6. The summed E-state index contributed by atoms with van der Waals surface area (Å²) in [6.45, 7) is 9.59. The smallest absolute Gasteiger partial charge is 0.227 e. The van der Waals surface area contributed by atoms with Crippen LogP contribution in [0.15, 0.2) is 4.52 Å². The zero-order valence-corrected chi connectivity index (χ0v) is 13.7. The topological polar surface area (TPSA) is 51.0 Å². The molecule has 0 bridgehead atoms. The third-order valence-electron chi connectivity index (χ3n) is 2.92. The summed E-state index contributed by atoms with van der Waals surface area (Å²) in [6, 6.07) is 0. The van der Waals surface area contributed by atoms with Gasteiger partial charge in [-0.05, 0) is 20.8 Å². The molecule has 2 heterocycles. The van der Waals surface area contributed by atoms with E-state index < -0.39 is 0 Å². The number of thioether (sulfide) groups is 2. The van der Waals surface area contributed by atoms with E-state index in [1.54, 1.807) is 0 Å². The molecule has 1 aromatic rings. The Kier molecular flexibility index (Phi) is 5.20. The van der Waals surface area contributed by atoms with E-state index in [1.807, 2.05) is 23.5 Å². The molecule has 1 aliphatic rings. The summed E-state index contributed by atoms with van der Waals surface area (Å²) in [5, 5.41) is 8.54. The van der Waals surface area contributed by atoms with Crippen LogP contribution in [0.25, 0.3) is 0 Å². The lowest BCUT2D eigenvalue weighted by Crippen LogP contribution is -2.37. The highest BCUT2D eigenvalue weighted by Gasteiger charge is 2.28. The second-order valence-corrected chi connectivity index (χ2v) is 8.57. The van der Waals surface area contributed by atoms with Gasteiger partial charge in [0.25, 0.3) is 0 Å². The van der Waals surface area contributed by atoms with Gasteiger partial charge in [0.15, 0.2) is 5.82 Å². The summed E-state index contributed by atoms with van der Waals surface area (Å²) in [6.07, 6.45) is 0.795. The molecule has 2 unspecified atom stereocenters. The van der Waals surface area contributed by atoms with E-state index in [9.17, 15) is 0 Å². The Morgan fingerprint density at radius 1 is 1.32 bits per heavy atom. The Hall–Kier alpha value is -0.200. The van der Waals surface area contributed by atoms with Crippen LogP contribution in [0.4, 0.5) is 0 Å². The van der Waals surface area contributed by atoms with Gasteiger partial charge in [0.1, 0.15) is 0 Å². The van der Waals surface area contributed by atoms with Gasteiger partial charge < -0.3 is 9.84 Å². The van der Waals surface area contributed by atoms with Gasteiger partial charge in [0.2, 0.25) is 5.89 Å². The molecule has 1 fully saturated rings. The zero-order chi connectivity index (χ0) is 13.9. The summed E-state index contributed by atoms with van der Waals surface area (Å²) in [5.74, 6) is 4.02. The summed E-state index contributed by atoms with van der Waals surface area (Å²) < 4.78 is 5.36. The van der Waals surface area contributed by atoms with Crippen LogP contribution in [0.1, 0.15) is 44.7 Å². The van der Waals surface area contributed by atoms with Crippen LogP contribution in [0.2, 0.25) is 0 Å². The molecular weight excluding hydrogens is 278 g/mol. The summed E-state index contributed by atoms with van der Waals surface area (Å²) in [4.78, 5) is 4.55. The van der Waals surface area contributed by atoms with Crippen molar-refractivity contribution in [3.8, 4) is 0 Å². The van der Waals surface area contributed by atoms with E-state index in [2.05, 4.69) is 43.2 Å². The van der Waals surface area contributed by atoms with Crippen LogP contribution in [0.3, 0.4) is 0 Å². The number of nitrogens with one attached hydrogen (secondary N) is 1. The summed E-state index contributed by atoms with van der Waals surface area (Å²) >= 11 is 3.94. The predicted molar refractivity (Wildman–Crippen MR) is 82.9 cm³/mol. The highest BCUT2D eigenvalue weighted by atomic mass is 32.2. The van der Waals surface area contributed by atoms with Gasteiger partial charge in [-0.3, -0.25) is 0 Å². The van der Waals surface area contributed by atoms with Crippen molar-refractivity contribution in [1.29, 1.82) is 0 Å². The van der Waals surface area contributed by atoms with Gasteiger partial charge in [-0.25, -0.2) is 0 Å². The molecule has 4 nitrogen and oxygen atoms in total. The van der Waals surface area contributed by atoms with Crippen LogP contribution in [0.5, 0.6) is 0 Å². The lowest BCUT2D eigenvalue weighted by atomic mass is 10.1. The van der Waals surface area contributed by atoms with E-state index in [-0.39, 0.29) is 5.54 Å². The molecule has 1 N–H and O–H groups in total. The maximum absolute atomic E-state index is 5.36. The largest absolute Gasteiger partial charge is 0.339 e. The first-order valence-electron chi connectivity index (χ1n) is 6.76. The van der Waals surface area contributed by atoms with Crippen LogP contribution in [-0.4, -0.2) is 39.0 Å².